The Hall–Kier alpha value is -1.83. The molecule has 1 aliphatic rings. The molecule has 0 aromatic rings. The van der Waals surface area contributed by atoms with Gasteiger partial charge in [-0.05, 0) is 13.3 Å². The Morgan fingerprint density at radius 2 is 2.27 bits per heavy atom. The molecule has 0 atom stereocenters. The molecule has 1 heterocycles. The van der Waals surface area contributed by atoms with Gasteiger partial charge in [-0.2, -0.15) is 5.26 Å². The zero-order valence-corrected chi connectivity index (χ0v) is 8.74. The summed E-state index contributed by atoms with van der Waals surface area (Å²) in [4.78, 5) is 23.9. The van der Waals surface area contributed by atoms with E-state index in [2.05, 4.69) is 0 Å². The van der Waals surface area contributed by atoms with Gasteiger partial charge in [0.15, 0.2) is 5.57 Å². The van der Waals surface area contributed by atoms with Crippen molar-refractivity contribution < 1.29 is 14.3 Å². The fourth-order valence-electron chi connectivity index (χ4n) is 1.44. The van der Waals surface area contributed by atoms with E-state index in [0.29, 0.717) is 18.5 Å². The number of amides is 1. The number of esters is 1. The van der Waals surface area contributed by atoms with Crippen molar-refractivity contribution in [3.05, 3.63) is 11.3 Å². The smallest absolute Gasteiger partial charge is 0.350 e. The predicted octanol–water partition coefficient (Wildman–Crippen LogP) is 0.579. The number of rotatable bonds is 2. The number of allylic oxidation sites excluding steroid dienone is 1. The van der Waals surface area contributed by atoms with Crippen LogP contribution in [0.25, 0.3) is 0 Å². The largest absolute Gasteiger partial charge is 0.462 e. The third-order valence-corrected chi connectivity index (χ3v) is 2.23. The van der Waals surface area contributed by atoms with Gasteiger partial charge in [0.2, 0.25) is 5.91 Å². The van der Waals surface area contributed by atoms with Crippen molar-refractivity contribution in [1.29, 1.82) is 5.26 Å². The van der Waals surface area contributed by atoms with Crippen LogP contribution in [-0.2, 0) is 14.3 Å². The lowest BCUT2D eigenvalue weighted by atomic mass is 10.2. The molecular formula is C10H12N2O3. The number of carbonyl (C=O) groups is 2. The second kappa shape index (κ2) is 4.60. The first-order valence-electron chi connectivity index (χ1n) is 4.68. The number of likely N-dealkylation sites (tertiary alicyclic amines) is 1. The summed E-state index contributed by atoms with van der Waals surface area (Å²) in [6.45, 7) is 1.88. The molecule has 0 spiro atoms. The predicted molar refractivity (Wildman–Crippen MR) is 51.3 cm³/mol. The molecule has 0 aromatic carbocycles. The van der Waals surface area contributed by atoms with E-state index in [1.54, 1.807) is 20.0 Å². The molecule has 0 aliphatic carbocycles. The third-order valence-electron chi connectivity index (χ3n) is 2.23. The van der Waals surface area contributed by atoms with Crippen LogP contribution in [0.5, 0.6) is 0 Å². The number of ether oxygens (including phenoxy) is 1. The van der Waals surface area contributed by atoms with E-state index in [1.807, 2.05) is 0 Å². The quantitative estimate of drug-likeness (QED) is 0.378. The molecule has 1 aliphatic heterocycles. The second-order valence-corrected chi connectivity index (χ2v) is 3.11. The van der Waals surface area contributed by atoms with Crippen molar-refractivity contribution in [2.45, 2.75) is 19.8 Å². The molecule has 80 valence electrons. The van der Waals surface area contributed by atoms with E-state index >= 15 is 0 Å². The molecule has 5 heteroatoms. The van der Waals surface area contributed by atoms with Gasteiger partial charge >= 0.3 is 5.97 Å². The molecule has 15 heavy (non-hydrogen) atoms. The van der Waals surface area contributed by atoms with Gasteiger partial charge in [0.05, 0.1) is 6.61 Å². The highest BCUT2D eigenvalue weighted by atomic mass is 16.5. The minimum atomic E-state index is -0.656. The SMILES string of the molecule is CCOC(=O)C(C#N)=C1CCC(=O)N1C. The molecule has 1 rings (SSSR count). The summed E-state index contributed by atoms with van der Waals surface area (Å²) in [5, 5.41) is 8.84. The van der Waals surface area contributed by atoms with E-state index in [1.165, 1.54) is 4.90 Å². The summed E-state index contributed by atoms with van der Waals surface area (Å²) in [5.41, 5.74) is 0.395. The van der Waals surface area contributed by atoms with E-state index < -0.39 is 5.97 Å². The van der Waals surface area contributed by atoms with E-state index in [0.717, 1.165) is 0 Å². The molecule has 1 fully saturated rings. The van der Waals surface area contributed by atoms with Crippen LogP contribution < -0.4 is 0 Å². The standard InChI is InChI=1S/C10H12N2O3/c1-3-15-10(14)7(6-11)8-4-5-9(13)12(8)2/h3-5H2,1-2H3. The van der Waals surface area contributed by atoms with Gasteiger partial charge in [-0.25, -0.2) is 4.79 Å². The van der Waals surface area contributed by atoms with Crippen molar-refractivity contribution in [2.75, 3.05) is 13.7 Å². The van der Waals surface area contributed by atoms with Crippen molar-refractivity contribution in [2.24, 2.45) is 0 Å². The Morgan fingerprint density at radius 3 is 2.67 bits per heavy atom. The summed E-state index contributed by atoms with van der Waals surface area (Å²) >= 11 is 0. The Labute approximate surface area is 87.9 Å². The van der Waals surface area contributed by atoms with Crippen LogP contribution in [0.4, 0.5) is 0 Å². The molecule has 0 saturated carbocycles. The summed E-state index contributed by atoms with van der Waals surface area (Å²) in [7, 11) is 1.56. The van der Waals surface area contributed by atoms with Gasteiger partial charge in [-0.1, -0.05) is 0 Å². The molecule has 0 radical (unpaired) electrons. The highest BCUT2D eigenvalue weighted by Gasteiger charge is 2.28. The van der Waals surface area contributed by atoms with Gasteiger partial charge < -0.3 is 9.64 Å². The first kappa shape index (κ1) is 11.2. The normalized spacial score (nSPS) is 18.7. The average molecular weight is 208 g/mol. The first-order valence-corrected chi connectivity index (χ1v) is 4.68. The monoisotopic (exact) mass is 208 g/mol. The van der Waals surface area contributed by atoms with Crippen LogP contribution in [-0.4, -0.2) is 30.4 Å². The van der Waals surface area contributed by atoms with Crippen LogP contribution in [0.1, 0.15) is 19.8 Å². The van der Waals surface area contributed by atoms with Crippen LogP contribution in [0, 0.1) is 11.3 Å². The van der Waals surface area contributed by atoms with Gasteiger partial charge in [0.1, 0.15) is 6.07 Å². The molecule has 0 aromatic heterocycles. The zero-order chi connectivity index (χ0) is 11.4. The molecule has 0 unspecified atom stereocenters. The third kappa shape index (κ3) is 2.15. The topological polar surface area (TPSA) is 70.4 Å². The molecule has 0 bridgehead atoms. The number of carbonyl (C=O) groups excluding carboxylic acids is 2. The maximum Gasteiger partial charge on any atom is 0.350 e. The fourth-order valence-corrected chi connectivity index (χ4v) is 1.44. The number of hydrogen-bond acceptors (Lipinski definition) is 4. The number of hydrogen-bond donors (Lipinski definition) is 0. The Balaban J connectivity index is 3.00. The van der Waals surface area contributed by atoms with Gasteiger partial charge in [0, 0.05) is 19.2 Å². The van der Waals surface area contributed by atoms with Crippen molar-refractivity contribution in [1.82, 2.24) is 4.90 Å². The van der Waals surface area contributed by atoms with Crippen LogP contribution in [0.15, 0.2) is 11.3 Å². The minimum absolute atomic E-state index is 0.0646. The summed E-state index contributed by atoms with van der Waals surface area (Å²) in [6.07, 6.45) is 0.771. The second-order valence-electron chi connectivity index (χ2n) is 3.11. The lowest BCUT2D eigenvalue weighted by Gasteiger charge is -2.12. The van der Waals surface area contributed by atoms with Crippen LogP contribution >= 0.6 is 0 Å². The Morgan fingerprint density at radius 1 is 1.60 bits per heavy atom. The number of nitriles is 1. The van der Waals surface area contributed by atoms with Crippen molar-refractivity contribution in [3.63, 3.8) is 0 Å². The minimum Gasteiger partial charge on any atom is -0.462 e. The molecular weight excluding hydrogens is 196 g/mol. The molecule has 1 saturated heterocycles. The fraction of sp³-hybridized carbons (Fsp3) is 0.500. The average Bonchev–Trinajstić information content (AvgIpc) is 2.51. The van der Waals surface area contributed by atoms with E-state index in [4.69, 9.17) is 10.00 Å². The Bertz CT molecular complexity index is 365. The highest BCUT2D eigenvalue weighted by molar-refractivity contribution is 5.95. The summed E-state index contributed by atoms with van der Waals surface area (Å²) in [6, 6.07) is 1.79. The van der Waals surface area contributed by atoms with Gasteiger partial charge in [0.25, 0.3) is 0 Å². The van der Waals surface area contributed by atoms with Crippen LogP contribution in [0.3, 0.4) is 0 Å². The highest BCUT2D eigenvalue weighted by Crippen LogP contribution is 2.23. The zero-order valence-electron chi connectivity index (χ0n) is 8.74. The summed E-state index contributed by atoms with van der Waals surface area (Å²) in [5.74, 6) is -0.737. The number of nitrogens with zero attached hydrogens (tertiary/aromatic N) is 2. The lowest BCUT2D eigenvalue weighted by molar-refractivity contribution is -0.138. The van der Waals surface area contributed by atoms with Crippen molar-refractivity contribution >= 4 is 11.9 Å². The van der Waals surface area contributed by atoms with Gasteiger partial charge in [-0.3, -0.25) is 4.79 Å². The maximum absolute atomic E-state index is 11.4. The van der Waals surface area contributed by atoms with Crippen molar-refractivity contribution in [3.8, 4) is 6.07 Å². The van der Waals surface area contributed by atoms with Crippen LogP contribution in [0.2, 0.25) is 0 Å². The first-order chi connectivity index (χ1) is 7.11. The van der Waals surface area contributed by atoms with E-state index in [9.17, 15) is 9.59 Å². The van der Waals surface area contributed by atoms with Gasteiger partial charge in [-0.15, -0.1) is 0 Å². The molecule has 1 amide bonds. The maximum atomic E-state index is 11.4. The lowest BCUT2D eigenvalue weighted by Crippen LogP contribution is -2.20. The van der Waals surface area contributed by atoms with E-state index in [-0.39, 0.29) is 18.1 Å². The molecule has 0 N–H and O–H groups in total. The Kier molecular flexibility index (Phi) is 3.45. The summed E-state index contributed by atoms with van der Waals surface area (Å²) < 4.78 is 4.73. The molecule has 5 nitrogen and oxygen atoms in total.